The largest absolute Gasteiger partial charge is 0.324 e. The van der Waals surface area contributed by atoms with Gasteiger partial charge in [-0.2, -0.15) is 10.2 Å². The fraction of sp³-hybridized carbons (Fsp3) is 0.185. The Morgan fingerprint density at radius 1 is 0.943 bits per heavy atom. The van der Waals surface area contributed by atoms with E-state index in [1.807, 2.05) is 74.0 Å². The number of nitrogens with one attached hydrogen (secondary N) is 1. The van der Waals surface area contributed by atoms with Crippen LogP contribution in [0.15, 0.2) is 71.3 Å². The number of anilines is 1. The molecule has 7 nitrogen and oxygen atoms in total. The molecule has 35 heavy (non-hydrogen) atoms. The molecule has 0 spiro atoms. The highest BCUT2D eigenvalue weighted by Crippen LogP contribution is 2.29. The lowest BCUT2D eigenvalue weighted by Gasteiger charge is -2.09. The van der Waals surface area contributed by atoms with E-state index in [1.165, 1.54) is 0 Å². The van der Waals surface area contributed by atoms with Gasteiger partial charge in [0.1, 0.15) is 6.54 Å². The van der Waals surface area contributed by atoms with Crippen LogP contribution < -0.4 is 5.32 Å². The van der Waals surface area contributed by atoms with Crippen LogP contribution in [0.25, 0.3) is 22.2 Å². The summed E-state index contributed by atoms with van der Waals surface area (Å²) in [5.41, 5.74) is 7.51. The van der Waals surface area contributed by atoms with E-state index in [0.717, 1.165) is 49.3 Å². The van der Waals surface area contributed by atoms with Crippen LogP contribution in [0.4, 0.5) is 5.69 Å². The third-order valence-electron chi connectivity index (χ3n) is 6.02. The monoisotopic (exact) mass is 528 g/mol. The summed E-state index contributed by atoms with van der Waals surface area (Å²) in [7, 11) is 0. The van der Waals surface area contributed by atoms with Gasteiger partial charge in [0.25, 0.3) is 0 Å². The van der Waals surface area contributed by atoms with E-state index < -0.39 is 0 Å². The van der Waals surface area contributed by atoms with Gasteiger partial charge in [0.2, 0.25) is 5.91 Å². The maximum atomic E-state index is 12.9. The molecule has 176 valence electrons. The second-order valence-electron chi connectivity index (χ2n) is 8.56. The molecule has 0 bridgehead atoms. The number of amides is 1. The first-order valence-corrected chi connectivity index (χ1v) is 12.2. The van der Waals surface area contributed by atoms with Crippen LogP contribution in [-0.2, 0) is 17.9 Å². The Hall–Kier alpha value is -3.78. The molecule has 0 radical (unpaired) electrons. The minimum absolute atomic E-state index is 0.0736. The van der Waals surface area contributed by atoms with Gasteiger partial charge in [-0.15, -0.1) is 0 Å². The summed E-state index contributed by atoms with van der Waals surface area (Å²) in [6.07, 6.45) is 1.76. The van der Waals surface area contributed by atoms with Crippen LogP contribution in [0.2, 0.25) is 0 Å². The van der Waals surface area contributed by atoms with Crippen molar-refractivity contribution in [1.29, 1.82) is 0 Å². The normalized spacial score (nSPS) is 11.2. The van der Waals surface area contributed by atoms with Crippen molar-refractivity contribution in [2.45, 2.75) is 33.9 Å². The van der Waals surface area contributed by atoms with E-state index in [2.05, 4.69) is 48.6 Å². The number of hydrogen-bond acceptors (Lipinski definition) is 4. The molecule has 3 heterocycles. The summed E-state index contributed by atoms with van der Waals surface area (Å²) in [6.45, 7) is 6.65. The molecular formula is C27H25BrN6O. The molecule has 8 heteroatoms. The minimum atomic E-state index is -0.160. The van der Waals surface area contributed by atoms with Crippen molar-refractivity contribution in [2.75, 3.05) is 5.32 Å². The third-order valence-corrected chi connectivity index (χ3v) is 7.17. The van der Waals surface area contributed by atoms with Crippen molar-refractivity contribution in [2.24, 2.45) is 0 Å². The Balaban J connectivity index is 1.35. The van der Waals surface area contributed by atoms with Crippen molar-refractivity contribution in [3.05, 3.63) is 94.0 Å². The Labute approximate surface area is 211 Å². The maximum absolute atomic E-state index is 12.9. The van der Waals surface area contributed by atoms with Crippen LogP contribution in [0, 0.1) is 20.8 Å². The molecule has 0 saturated carbocycles. The number of carbonyl (C=O) groups is 1. The molecule has 0 aliphatic rings. The van der Waals surface area contributed by atoms with Crippen molar-refractivity contribution < 1.29 is 4.79 Å². The van der Waals surface area contributed by atoms with Gasteiger partial charge in [0.05, 0.1) is 28.1 Å². The number of rotatable bonds is 6. The molecule has 1 amide bonds. The number of fused-ring (bicyclic) bond motifs is 1. The fourth-order valence-corrected chi connectivity index (χ4v) is 4.62. The second kappa shape index (κ2) is 9.46. The van der Waals surface area contributed by atoms with Crippen LogP contribution in [0.3, 0.4) is 0 Å². The van der Waals surface area contributed by atoms with Gasteiger partial charge in [-0.3, -0.25) is 9.48 Å². The molecule has 0 aliphatic heterocycles. The zero-order chi connectivity index (χ0) is 24.5. The van der Waals surface area contributed by atoms with Crippen molar-refractivity contribution >= 4 is 38.6 Å². The lowest BCUT2D eigenvalue weighted by atomic mass is 10.0. The first-order valence-electron chi connectivity index (χ1n) is 11.4. The highest BCUT2D eigenvalue weighted by Gasteiger charge is 2.16. The summed E-state index contributed by atoms with van der Waals surface area (Å²) in [4.78, 5) is 17.5. The van der Waals surface area contributed by atoms with E-state index in [9.17, 15) is 4.79 Å². The van der Waals surface area contributed by atoms with Crippen molar-refractivity contribution in [1.82, 2.24) is 24.5 Å². The zero-order valence-electron chi connectivity index (χ0n) is 19.8. The van der Waals surface area contributed by atoms with Crippen LogP contribution in [0.5, 0.6) is 0 Å². The smallest absolute Gasteiger partial charge is 0.246 e. The van der Waals surface area contributed by atoms with Gasteiger partial charge in [0.15, 0.2) is 5.65 Å². The molecular weight excluding hydrogens is 504 g/mol. The topological polar surface area (TPSA) is 77.6 Å². The molecule has 0 fully saturated rings. The Morgan fingerprint density at radius 2 is 1.71 bits per heavy atom. The first kappa shape index (κ1) is 23.0. The van der Waals surface area contributed by atoms with E-state index in [-0.39, 0.29) is 12.5 Å². The second-order valence-corrected chi connectivity index (χ2v) is 9.35. The molecule has 0 aliphatic carbocycles. The van der Waals surface area contributed by atoms with Gasteiger partial charge in [-0.05, 0) is 71.6 Å². The van der Waals surface area contributed by atoms with E-state index in [4.69, 9.17) is 0 Å². The SMILES string of the molecule is Cc1nn(Cc2cccc(NC(=O)Cn3nc(C)c4c(-c5ccccc5)ccnc43)c2)c(C)c1Br. The number of nitrogens with zero attached hydrogens (tertiary/aromatic N) is 5. The number of pyridine rings is 1. The first-order chi connectivity index (χ1) is 16.9. The summed E-state index contributed by atoms with van der Waals surface area (Å²) in [5, 5.41) is 13.2. The standard InChI is InChI=1S/C27H25BrN6O/c1-17-25-23(21-9-5-4-6-10-21)12-13-29-27(25)34(31-17)16-24(35)30-22-11-7-8-20(14-22)15-33-19(3)26(28)18(2)32-33/h4-14H,15-16H2,1-3H3,(H,30,35). The summed E-state index contributed by atoms with van der Waals surface area (Å²) < 4.78 is 4.64. The van der Waals surface area contributed by atoms with Gasteiger partial charge in [-0.1, -0.05) is 42.5 Å². The Bertz CT molecular complexity index is 1540. The third kappa shape index (κ3) is 4.61. The number of carbonyl (C=O) groups excluding carboxylic acids is 1. The lowest BCUT2D eigenvalue weighted by molar-refractivity contribution is -0.116. The van der Waals surface area contributed by atoms with Gasteiger partial charge < -0.3 is 5.32 Å². The Morgan fingerprint density at radius 3 is 2.46 bits per heavy atom. The number of aromatic nitrogens is 5. The van der Waals surface area contributed by atoms with E-state index in [1.54, 1.807) is 10.9 Å². The molecule has 2 aromatic carbocycles. The van der Waals surface area contributed by atoms with Crippen LogP contribution in [0.1, 0.15) is 22.6 Å². The maximum Gasteiger partial charge on any atom is 0.246 e. The molecule has 0 atom stereocenters. The summed E-state index contributed by atoms with van der Waals surface area (Å²) >= 11 is 3.57. The molecule has 0 unspecified atom stereocenters. The average Bonchev–Trinajstić information content (AvgIpc) is 3.30. The predicted molar refractivity (Wildman–Crippen MR) is 141 cm³/mol. The average molecular weight is 529 g/mol. The number of aryl methyl sites for hydroxylation is 2. The number of benzene rings is 2. The summed E-state index contributed by atoms with van der Waals surface area (Å²) in [6, 6.07) is 20.0. The summed E-state index contributed by atoms with van der Waals surface area (Å²) in [5.74, 6) is -0.160. The van der Waals surface area contributed by atoms with Crippen molar-refractivity contribution in [3.63, 3.8) is 0 Å². The molecule has 1 N–H and O–H groups in total. The van der Waals surface area contributed by atoms with Gasteiger partial charge >= 0.3 is 0 Å². The fourth-order valence-electron chi connectivity index (χ4n) is 4.34. The predicted octanol–water partition coefficient (Wildman–Crippen LogP) is 5.67. The number of halogens is 1. The Kier molecular flexibility index (Phi) is 6.21. The molecule has 5 rings (SSSR count). The highest BCUT2D eigenvalue weighted by atomic mass is 79.9. The minimum Gasteiger partial charge on any atom is -0.324 e. The van der Waals surface area contributed by atoms with E-state index in [0.29, 0.717) is 12.2 Å². The van der Waals surface area contributed by atoms with E-state index >= 15 is 0 Å². The highest BCUT2D eigenvalue weighted by molar-refractivity contribution is 9.10. The van der Waals surface area contributed by atoms with Crippen molar-refractivity contribution in [3.8, 4) is 11.1 Å². The quantitative estimate of drug-likeness (QED) is 0.308. The molecule has 0 saturated heterocycles. The van der Waals surface area contributed by atoms with Crippen LogP contribution >= 0.6 is 15.9 Å². The van der Waals surface area contributed by atoms with Crippen LogP contribution in [-0.4, -0.2) is 30.5 Å². The number of hydrogen-bond donors (Lipinski definition) is 1. The molecule has 5 aromatic rings. The zero-order valence-corrected chi connectivity index (χ0v) is 21.4. The van der Waals surface area contributed by atoms with Gasteiger partial charge in [0, 0.05) is 17.3 Å². The molecule has 3 aromatic heterocycles. The lowest BCUT2D eigenvalue weighted by Crippen LogP contribution is -2.20. The van der Waals surface area contributed by atoms with Gasteiger partial charge in [-0.25, -0.2) is 9.67 Å².